The highest BCUT2D eigenvalue weighted by Gasteiger charge is 2.41. The molecule has 29 heavy (non-hydrogen) atoms. The van der Waals surface area contributed by atoms with Crippen LogP contribution in [0, 0.1) is 0 Å². The number of phenolic OH excluding ortho intramolecular Hbond substituents is 2. The number of hydrazone groups is 1. The minimum absolute atomic E-state index is 0.0145. The fraction of sp³-hybridized carbons (Fsp3) is 0.174. The van der Waals surface area contributed by atoms with E-state index in [1.54, 1.807) is 30.3 Å². The van der Waals surface area contributed by atoms with Crippen molar-refractivity contribution in [2.24, 2.45) is 5.10 Å². The number of ether oxygens (including phenoxy) is 2. The molecule has 2 aliphatic heterocycles. The van der Waals surface area contributed by atoms with Gasteiger partial charge in [-0.05, 0) is 36.4 Å². The summed E-state index contributed by atoms with van der Waals surface area (Å²) in [5, 5.41) is 27.0. The van der Waals surface area contributed by atoms with E-state index in [0.29, 0.717) is 12.2 Å². The van der Waals surface area contributed by atoms with E-state index in [4.69, 9.17) is 14.6 Å². The zero-order valence-corrected chi connectivity index (χ0v) is 15.8. The summed E-state index contributed by atoms with van der Waals surface area (Å²) < 4.78 is 11.6. The molecule has 0 saturated carbocycles. The van der Waals surface area contributed by atoms with Gasteiger partial charge in [-0.25, -0.2) is 5.01 Å². The highest BCUT2D eigenvalue weighted by molar-refractivity contribution is 6.04. The number of aromatic hydroxyl groups is 2. The van der Waals surface area contributed by atoms with Gasteiger partial charge in [0.1, 0.15) is 11.5 Å². The van der Waals surface area contributed by atoms with E-state index in [9.17, 15) is 10.2 Å². The van der Waals surface area contributed by atoms with Gasteiger partial charge in [0.25, 0.3) is 0 Å². The van der Waals surface area contributed by atoms with Crippen molar-refractivity contribution in [1.29, 1.82) is 0 Å². The minimum Gasteiger partial charge on any atom is -0.507 e. The summed E-state index contributed by atoms with van der Waals surface area (Å²) in [6, 6.07) is 20.3. The standard InChI is InChI=1S/C23H20N2O4/c1-28-22-12-14(10-11-20(22)27)23-25-18(16-7-3-5-9-21(16)29-23)13-17(24-25)15-6-2-4-8-19(15)26/h2-12,18,23,26-27H,13H2,1H3/t18-,23-/m1/s1. The first-order valence-electron chi connectivity index (χ1n) is 9.42. The van der Waals surface area contributed by atoms with Crippen LogP contribution < -0.4 is 9.47 Å². The zero-order chi connectivity index (χ0) is 20.0. The Bertz CT molecular complexity index is 1110. The van der Waals surface area contributed by atoms with Gasteiger partial charge < -0.3 is 19.7 Å². The van der Waals surface area contributed by atoms with Crippen LogP contribution in [0.15, 0.2) is 71.8 Å². The lowest BCUT2D eigenvalue weighted by molar-refractivity contribution is -0.0191. The van der Waals surface area contributed by atoms with Crippen LogP contribution in [0.4, 0.5) is 0 Å². The number of para-hydroxylation sites is 2. The topological polar surface area (TPSA) is 74.5 Å². The molecule has 3 aromatic rings. The molecule has 0 saturated heterocycles. The number of nitrogens with zero attached hydrogens (tertiary/aromatic N) is 2. The quantitative estimate of drug-likeness (QED) is 0.698. The van der Waals surface area contributed by atoms with E-state index in [1.807, 2.05) is 41.4 Å². The lowest BCUT2D eigenvalue weighted by Crippen LogP contribution is -2.33. The molecule has 0 aromatic heterocycles. The Kier molecular flexibility index (Phi) is 4.05. The van der Waals surface area contributed by atoms with E-state index >= 15 is 0 Å². The number of hydrogen-bond acceptors (Lipinski definition) is 6. The fourth-order valence-electron chi connectivity index (χ4n) is 3.98. The first kappa shape index (κ1) is 17.4. The van der Waals surface area contributed by atoms with Crippen molar-refractivity contribution in [3.63, 3.8) is 0 Å². The smallest absolute Gasteiger partial charge is 0.214 e. The number of hydrogen-bond donors (Lipinski definition) is 2. The first-order valence-corrected chi connectivity index (χ1v) is 9.42. The maximum Gasteiger partial charge on any atom is 0.214 e. The predicted octanol–water partition coefficient (Wildman–Crippen LogP) is 4.35. The molecule has 3 aromatic carbocycles. The van der Waals surface area contributed by atoms with Gasteiger partial charge in [0.15, 0.2) is 11.5 Å². The summed E-state index contributed by atoms with van der Waals surface area (Å²) in [7, 11) is 1.52. The third-order valence-corrected chi connectivity index (χ3v) is 5.40. The van der Waals surface area contributed by atoms with E-state index < -0.39 is 6.23 Å². The van der Waals surface area contributed by atoms with Crippen LogP contribution in [0.2, 0.25) is 0 Å². The Morgan fingerprint density at radius 3 is 2.62 bits per heavy atom. The van der Waals surface area contributed by atoms with Crippen molar-refractivity contribution >= 4 is 5.71 Å². The maximum atomic E-state index is 10.3. The molecule has 5 rings (SSSR count). The van der Waals surface area contributed by atoms with Gasteiger partial charge in [0.05, 0.1) is 18.9 Å². The second kappa shape index (κ2) is 6.74. The van der Waals surface area contributed by atoms with Gasteiger partial charge in [-0.2, -0.15) is 5.10 Å². The third kappa shape index (κ3) is 2.84. The summed E-state index contributed by atoms with van der Waals surface area (Å²) in [4.78, 5) is 0. The molecule has 2 heterocycles. The minimum atomic E-state index is -0.479. The molecule has 6 heteroatoms. The Labute approximate surface area is 168 Å². The Hall–Kier alpha value is -3.67. The van der Waals surface area contributed by atoms with Gasteiger partial charge in [-0.15, -0.1) is 0 Å². The molecule has 2 N–H and O–H groups in total. The number of benzene rings is 3. The van der Waals surface area contributed by atoms with Crippen LogP contribution in [0.25, 0.3) is 0 Å². The monoisotopic (exact) mass is 388 g/mol. The van der Waals surface area contributed by atoms with Crippen LogP contribution in [0.5, 0.6) is 23.0 Å². The van der Waals surface area contributed by atoms with Gasteiger partial charge in [-0.1, -0.05) is 30.3 Å². The van der Waals surface area contributed by atoms with Crippen molar-refractivity contribution < 1.29 is 19.7 Å². The lowest BCUT2D eigenvalue weighted by atomic mass is 9.95. The fourth-order valence-corrected chi connectivity index (χ4v) is 3.98. The van der Waals surface area contributed by atoms with Crippen LogP contribution in [0.1, 0.15) is 35.4 Å². The predicted molar refractivity (Wildman–Crippen MR) is 108 cm³/mol. The molecule has 0 radical (unpaired) electrons. The number of phenols is 2. The summed E-state index contributed by atoms with van der Waals surface area (Å²) in [5.41, 5.74) is 3.41. The Morgan fingerprint density at radius 2 is 1.79 bits per heavy atom. The molecular weight excluding hydrogens is 368 g/mol. The van der Waals surface area contributed by atoms with E-state index in [2.05, 4.69) is 0 Å². The second-order valence-corrected chi connectivity index (χ2v) is 7.10. The van der Waals surface area contributed by atoms with Crippen LogP contribution in [-0.2, 0) is 0 Å². The summed E-state index contributed by atoms with van der Waals surface area (Å²) in [5.74, 6) is 1.47. The van der Waals surface area contributed by atoms with Crippen LogP contribution in [-0.4, -0.2) is 28.0 Å². The van der Waals surface area contributed by atoms with Crippen molar-refractivity contribution in [1.82, 2.24) is 5.01 Å². The molecular formula is C23H20N2O4. The third-order valence-electron chi connectivity index (χ3n) is 5.40. The van der Waals surface area contributed by atoms with Gasteiger partial charge in [-0.3, -0.25) is 0 Å². The average Bonchev–Trinajstić information content (AvgIpc) is 3.19. The van der Waals surface area contributed by atoms with E-state index in [-0.39, 0.29) is 17.5 Å². The molecule has 0 bridgehead atoms. The van der Waals surface area contributed by atoms with Crippen molar-refractivity contribution in [2.75, 3.05) is 7.11 Å². The first-order chi connectivity index (χ1) is 14.2. The molecule has 2 atom stereocenters. The molecule has 0 unspecified atom stereocenters. The van der Waals surface area contributed by atoms with Crippen molar-refractivity contribution in [3.8, 4) is 23.0 Å². The average molecular weight is 388 g/mol. The molecule has 0 fully saturated rings. The van der Waals surface area contributed by atoms with Crippen molar-refractivity contribution in [3.05, 3.63) is 83.4 Å². The largest absolute Gasteiger partial charge is 0.507 e. The number of fused-ring (bicyclic) bond motifs is 3. The van der Waals surface area contributed by atoms with Crippen LogP contribution >= 0.6 is 0 Å². The summed E-state index contributed by atoms with van der Waals surface area (Å²) in [6.07, 6.45) is 0.177. The van der Waals surface area contributed by atoms with E-state index in [1.165, 1.54) is 7.11 Å². The van der Waals surface area contributed by atoms with Crippen molar-refractivity contribution in [2.45, 2.75) is 18.7 Å². The number of methoxy groups -OCH3 is 1. The zero-order valence-electron chi connectivity index (χ0n) is 15.8. The van der Waals surface area contributed by atoms with Crippen LogP contribution in [0.3, 0.4) is 0 Å². The number of rotatable bonds is 3. The SMILES string of the molecule is COc1cc([C@H]2Oc3ccccc3[C@H]3CC(c4ccccc4O)=NN32)ccc1O. The molecule has 2 aliphatic rings. The van der Waals surface area contributed by atoms with Gasteiger partial charge in [0.2, 0.25) is 6.23 Å². The molecule has 0 spiro atoms. The molecule has 146 valence electrons. The summed E-state index contributed by atoms with van der Waals surface area (Å²) >= 11 is 0. The molecule has 0 amide bonds. The maximum absolute atomic E-state index is 10.3. The second-order valence-electron chi connectivity index (χ2n) is 7.10. The lowest BCUT2D eigenvalue weighted by Gasteiger charge is -2.38. The normalized spacial score (nSPS) is 19.8. The van der Waals surface area contributed by atoms with Gasteiger partial charge in [0, 0.05) is 23.1 Å². The van der Waals surface area contributed by atoms with Gasteiger partial charge >= 0.3 is 0 Å². The Balaban J connectivity index is 1.61. The summed E-state index contributed by atoms with van der Waals surface area (Å²) in [6.45, 7) is 0. The van der Waals surface area contributed by atoms with E-state index in [0.717, 1.165) is 28.2 Å². The highest BCUT2D eigenvalue weighted by atomic mass is 16.5. The molecule has 6 nitrogen and oxygen atoms in total. The highest BCUT2D eigenvalue weighted by Crippen LogP contribution is 2.48. The Morgan fingerprint density at radius 1 is 1.00 bits per heavy atom. The molecule has 0 aliphatic carbocycles.